The lowest BCUT2D eigenvalue weighted by Gasteiger charge is -2.40. The molecule has 2 aliphatic rings. The third-order valence-electron chi connectivity index (χ3n) is 6.21. The van der Waals surface area contributed by atoms with Crippen LogP contribution in [0.4, 0.5) is 13.2 Å². The van der Waals surface area contributed by atoms with Gasteiger partial charge < -0.3 is 9.64 Å². The summed E-state index contributed by atoms with van der Waals surface area (Å²) < 4.78 is 46.7. The van der Waals surface area contributed by atoms with Gasteiger partial charge in [0.25, 0.3) is 0 Å². The maximum atomic E-state index is 13.2. The standard InChI is InChI=1S/C21H28F3N5O2/c1-13-9-28(10-14(2)31-13)20(30)15(3)27-8-4-5-16(11-27)19-26-25-18-7-6-17(12-29(18)19)21(22,23)24/h6-7,12-16H,4-5,8-11H2,1-3H3. The van der Waals surface area contributed by atoms with Crippen LogP contribution in [-0.4, -0.2) is 74.7 Å². The van der Waals surface area contributed by atoms with Gasteiger partial charge in [-0.3, -0.25) is 14.1 Å². The smallest absolute Gasteiger partial charge is 0.372 e. The molecule has 0 N–H and O–H groups in total. The molecule has 4 rings (SSSR count). The first-order valence-electron chi connectivity index (χ1n) is 10.7. The van der Waals surface area contributed by atoms with Crippen LogP contribution in [0.1, 0.15) is 50.9 Å². The van der Waals surface area contributed by atoms with E-state index in [1.54, 1.807) is 0 Å². The average Bonchev–Trinajstić information content (AvgIpc) is 3.15. The van der Waals surface area contributed by atoms with E-state index in [1.807, 2.05) is 25.7 Å². The van der Waals surface area contributed by atoms with Crippen molar-refractivity contribution in [2.45, 2.75) is 64.0 Å². The maximum Gasteiger partial charge on any atom is 0.417 e. The second-order valence-corrected chi connectivity index (χ2v) is 8.71. The van der Waals surface area contributed by atoms with Crippen LogP contribution in [0.25, 0.3) is 5.65 Å². The van der Waals surface area contributed by atoms with E-state index in [0.717, 1.165) is 31.6 Å². The third-order valence-corrected chi connectivity index (χ3v) is 6.21. The molecule has 2 aromatic heterocycles. The molecule has 7 nitrogen and oxygen atoms in total. The lowest BCUT2D eigenvalue weighted by atomic mass is 9.95. The van der Waals surface area contributed by atoms with E-state index in [4.69, 9.17) is 4.74 Å². The van der Waals surface area contributed by atoms with E-state index in [0.29, 0.717) is 31.1 Å². The Morgan fingerprint density at radius 2 is 1.87 bits per heavy atom. The maximum absolute atomic E-state index is 13.2. The first-order valence-corrected chi connectivity index (χ1v) is 10.7. The highest BCUT2D eigenvalue weighted by atomic mass is 19.4. The number of pyridine rings is 1. The molecule has 0 bridgehead atoms. The third kappa shape index (κ3) is 4.55. The number of likely N-dealkylation sites (tertiary alicyclic amines) is 1. The number of amides is 1. The number of carbonyl (C=O) groups excluding carboxylic acids is 1. The van der Waals surface area contributed by atoms with Crippen LogP contribution in [0.3, 0.4) is 0 Å². The Morgan fingerprint density at radius 1 is 1.16 bits per heavy atom. The van der Waals surface area contributed by atoms with Crippen molar-refractivity contribution in [2.75, 3.05) is 26.2 Å². The zero-order valence-electron chi connectivity index (χ0n) is 18.0. The molecule has 31 heavy (non-hydrogen) atoms. The molecule has 0 spiro atoms. The number of alkyl halides is 3. The molecule has 0 aromatic carbocycles. The Labute approximate surface area is 179 Å². The lowest BCUT2D eigenvalue weighted by molar-refractivity contribution is -0.148. The van der Waals surface area contributed by atoms with Crippen molar-refractivity contribution in [1.82, 2.24) is 24.4 Å². The number of nitrogens with zero attached hydrogens (tertiary/aromatic N) is 5. The Bertz CT molecular complexity index is 937. The minimum atomic E-state index is -4.43. The fourth-order valence-electron chi connectivity index (χ4n) is 4.70. The Morgan fingerprint density at radius 3 is 2.55 bits per heavy atom. The van der Waals surface area contributed by atoms with E-state index >= 15 is 0 Å². The highest BCUT2D eigenvalue weighted by Crippen LogP contribution is 2.32. The molecule has 2 aliphatic heterocycles. The monoisotopic (exact) mass is 439 g/mol. The molecule has 2 aromatic rings. The van der Waals surface area contributed by atoms with Gasteiger partial charge in [0, 0.05) is 31.7 Å². The van der Waals surface area contributed by atoms with Crippen LogP contribution >= 0.6 is 0 Å². The zero-order valence-corrected chi connectivity index (χ0v) is 18.0. The summed E-state index contributed by atoms with van der Waals surface area (Å²) in [6.45, 7) is 8.29. The predicted molar refractivity (Wildman–Crippen MR) is 108 cm³/mol. The topological polar surface area (TPSA) is 63.0 Å². The molecule has 1 amide bonds. The molecule has 2 saturated heterocycles. The van der Waals surface area contributed by atoms with Crippen LogP contribution < -0.4 is 0 Å². The number of aromatic nitrogens is 3. The molecule has 0 radical (unpaired) electrons. The summed E-state index contributed by atoms with van der Waals surface area (Å²) in [6, 6.07) is 2.05. The van der Waals surface area contributed by atoms with Gasteiger partial charge in [0.15, 0.2) is 5.65 Å². The number of ether oxygens (including phenoxy) is 1. The van der Waals surface area contributed by atoms with Crippen molar-refractivity contribution < 1.29 is 22.7 Å². The van der Waals surface area contributed by atoms with Crippen molar-refractivity contribution in [3.63, 3.8) is 0 Å². The molecule has 2 fully saturated rings. The number of morpholine rings is 1. The number of halogens is 3. The van der Waals surface area contributed by atoms with E-state index in [2.05, 4.69) is 15.1 Å². The van der Waals surface area contributed by atoms with Gasteiger partial charge >= 0.3 is 6.18 Å². The molecule has 0 saturated carbocycles. The fourth-order valence-corrected chi connectivity index (χ4v) is 4.70. The van der Waals surface area contributed by atoms with Crippen molar-refractivity contribution >= 4 is 11.6 Å². The van der Waals surface area contributed by atoms with E-state index in [-0.39, 0.29) is 30.1 Å². The molecular formula is C21H28F3N5O2. The van der Waals surface area contributed by atoms with Crippen molar-refractivity contribution in [3.8, 4) is 0 Å². The van der Waals surface area contributed by atoms with Crippen molar-refractivity contribution in [3.05, 3.63) is 29.7 Å². The van der Waals surface area contributed by atoms with Gasteiger partial charge in [0.1, 0.15) is 5.82 Å². The summed E-state index contributed by atoms with van der Waals surface area (Å²) in [5.41, 5.74) is -0.339. The minimum Gasteiger partial charge on any atom is -0.372 e. The predicted octanol–water partition coefficient (Wildman–Crippen LogP) is 2.95. The van der Waals surface area contributed by atoms with E-state index in [9.17, 15) is 18.0 Å². The Kier molecular flexibility index (Phi) is 5.95. The molecule has 4 atom stereocenters. The molecule has 10 heteroatoms. The van der Waals surface area contributed by atoms with Crippen LogP contribution in [0.5, 0.6) is 0 Å². The van der Waals surface area contributed by atoms with E-state index < -0.39 is 11.7 Å². The Balaban J connectivity index is 1.51. The second kappa shape index (κ2) is 8.38. The fraction of sp³-hybridized carbons (Fsp3) is 0.667. The quantitative estimate of drug-likeness (QED) is 0.736. The molecule has 170 valence electrons. The second-order valence-electron chi connectivity index (χ2n) is 8.71. The van der Waals surface area contributed by atoms with Crippen LogP contribution in [0.15, 0.2) is 18.3 Å². The molecule has 0 aliphatic carbocycles. The number of hydrogen-bond acceptors (Lipinski definition) is 5. The van der Waals surface area contributed by atoms with Gasteiger partial charge in [-0.1, -0.05) is 0 Å². The molecule has 4 unspecified atom stereocenters. The number of hydrogen-bond donors (Lipinski definition) is 0. The van der Waals surface area contributed by atoms with Crippen LogP contribution in [-0.2, 0) is 15.7 Å². The number of fused-ring (bicyclic) bond motifs is 1. The number of carbonyl (C=O) groups is 1. The van der Waals surface area contributed by atoms with Gasteiger partial charge in [0.2, 0.25) is 5.91 Å². The summed E-state index contributed by atoms with van der Waals surface area (Å²) in [5.74, 6) is 0.484. The molecule has 4 heterocycles. The molecular weight excluding hydrogens is 411 g/mol. The highest BCUT2D eigenvalue weighted by Gasteiger charge is 2.35. The van der Waals surface area contributed by atoms with Crippen molar-refractivity contribution in [1.29, 1.82) is 0 Å². The van der Waals surface area contributed by atoms with Gasteiger partial charge in [0.05, 0.1) is 23.8 Å². The number of piperidine rings is 1. The van der Waals surface area contributed by atoms with Gasteiger partial charge in [-0.15, -0.1) is 10.2 Å². The SMILES string of the molecule is CC1CN(C(=O)C(C)N2CCCC(c3nnc4ccc(C(F)(F)F)cn34)C2)CC(C)O1. The first kappa shape index (κ1) is 22.0. The van der Waals surface area contributed by atoms with Crippen LogP contribution in [0.2, 0.25) is 0 Å². The summed E-state index contributed by atoms with van der Waals surface area (Å²) >= 11 is 0. The summed E-state index contributed by atoms with van der Waals surface area (Å²) in [4.78, 5) is 17.1. The first-order chi connectivity index (χ1) is 14.6. The summed E-state index contributed by atoms with van der Waals surface area (Å²) in [7, 11) is 0. The van der Waals surface area contributed by atoms with Crippen LogP contribution in [0, 0.1) is 0 Å². The lowest BCUT2D eigenvalue weighted by Crippen LogP contribution is -2.55. The summed E-state index contributed by atoms with van der Waals surface area (Å²) in [6.07, 6.45) is -1.74. The number of rotatable bonds is 3. The van der Waals surface area contributed by atoms with Gasteiger partial charge in [-0.25, -0.2) is 0 Å². The average molecular weight is 439 g/mol. The Hall–Kier alpha value is -2.20. The van der Waals surface area contributed by atoms with Crippen molar-refractivity contribution in [2.24, 2.45) is 0 Å². The zero-order chi connectivity index (χ0) is 22.3. The normalized spacial score (nSPS) is 26.9. The van der Waals surface area contributed by atoms with Gasteiger partial charge in [-0.05, 0) is 52.3 Å². The largest absolute Gasteiger partial charge is 0.417 e. The minimum absolute atomic E-state index is 0.000750. The van der Waals surface area contributed by atoms with Gasteiger partial charge in [-0.2, -0.15) is 13.2 Å². The highest BCUT2D eigenvalue weighted by molar-refractivity contribution is 5.81. The van der Waals surface area contributed by atoms with E-state index in [1.165, 1.54) is 10.5 Å². The summed E-state index contributed by atoms with van der Waals surface area (Å²) in [5, 5.41) is 8.25.